The average molecular weight is 425 g/mol. The predicted octanol–water partition coefficient (Wildman–Crippen LogP) is 4.26. The summed E-state index contributed by atoms with van der Waals surface area (Å²) >= 11 is 0. The molecular weight excluding hydrogens is 392 g/mol. The molecule has 5 heteroatoms. The standard InChI is InChI=1S/C26H32O5/c1-4-6-9-17(5-2)16-31-24(27)23-15-25(28)19-10-7-8-11-20(19)26(23,29)21-13-12-18(30-3)14-22(21)25/h7-8,10-14,17,23,28-29H,4-6,9,15-16H2,1-3H3. The average Bonchev–Trinajstić information content (AvgIpc) is 2.80. The number of carbonyl (C=O) groups excluding carboxylic acids is 1. The number of ether oxygens (including phenoxy) is 2. The van der Waals surface area contributed by atoms with E-state index < -0.39 is 23.1 Å². The Morgan fingerprint density at radius 3 is 2.48 bits per heavy atom. The number of benzene rings is 2. The van der Waals surface area contributed by atoms with Gasteiger partial charge in [0.05, 0.1) is 19.6 Å². The molecule has 0 aromatic heterocycles. The number of carbonyl (C=O) groups is 1. The van der Waals surface area contributed by atoms with Crippen LogP contribution >= 0.6 is 0 Å². The number of aliphatic hydroxyl groups is 2. The van der Waals surface area contributed by atoms with E-state index in [4.69, 9.17) is 9.47 Å². The van der Waals surface area contributed by atoms with E-state index in [0.717, 1.165) is 25.7 Å². The van der Waals surface area contributed by atoms with Crippen molar-refractivity contribution in [3.63, 3.8) is 0 Å². The second-order valence-electron chi connectivity index (χ2n) is 8.89. The first-order valence-corrected chi connectivity index (χ1v) is 11.3. The van der Waals surface area contributed by atoms with Crippen LogP contribution in [0.5, 0.6) is 5.75 Å². The minimum atomic E-state index is -1.55. The highest BCUT2D eigenvalue weighted by molar-refractivity contribution is 5.79. The van der Waals surface area contributed by atoms with Crippen molar-refractivity contribution in [3.05, 3.63) is 64.7 Å². The molecule has 3 aliphatic carbocycles. The fourth-order valence-corrected chi connectivity index (χ4v) is 5.28. The lowest BCUT2D eigenvalue weighted by atomic mass is 9.54. The van der Waals surface area contributed by atoms with E-state index in [1.165, 1.54) is 0 Å². The van der Waals surface area contributed by atoms with Crippen LogP contribution in [0.2, 0.25) is 0 Å². The molecule has 2 aromatic carbocycles. The summed E-state index contributed by atoms with van der Waals surface area (Å²) < 4.78 is 11.1. The molecule has 2 aromatic rings. The van der Waals surface area contributed by atoms with Gasteiger partial charge in [-0.25, -0.2) is 0 Å². The van der Waals surface area contributed by atoms with E-state index in [0.29, 0.717) is 40.5 Å². The van der Waals surface area contributed by atoms with Crippen LogP contribution < -0.4 is 4.74 Å². The highest BCUT2D eigenvalue weighted by atomic mass is 16.5. The van der Waals surface area contributed by atoms with Crippen LogP contribution in [0.1, 0.15) is 68.2 Å². The molecule has 0 spiro atoms. The molecule has 2 N–H and O–H groups in total. The third-order valence-electron chi connectivity index (χ3n) is 7.16. The van der Waals surface area contributed by atoms with E-state index in [2.05, 4.69) is 13.8 Å². The van der Waals surface area contributed by atoms with Gasteiger partial charge in [-0.15, -0.1) is 0 Å². The van der Waals surface area contributed by atoms with Crippen molar-refractivity contribution in [3.8, 4) is 5.75 Å². The van der Waals surface area contributed by atoms with Crippen LogP contribution in [-0.4, -0.2) is 29.9 Å². The molecule has 4 unspecified atom stereocenters. The van der Waals surface area contributed by atoms with Crippen molar-refractivity contribution in [2.24, 2.45) is 11.8 Å². The van der Waals surface area contributed by atoms with Crippen molar-refractivity contribution in [1.82, 2.24) is 0 Å². The monoisotopic (exact) mass is 424 g/mol. The number of unbranched alkanes of at least 4 members (excludes halogenated alkanes) is 1. The topological polar surface area (TPSA) is 76.0 Å². The lowest BCUT2D eigenvalue weighted by molar-refractivity contribution is -0.168. The maximum atomic E-state index is 13.3. The van der Waals surface area contributed by atoms with Gasteiger partial charge >= 0.3 is 5.97 Å². The number of methoxy groups -OCH3 is 1. The summed E-state index contributed by atoms with van der Waals surface area (Å²) in [7, 11) is 1.57. The third-order valence-corrected chi connectivity index (χ3v) is 7.16. The molecule has 166 valence electrons. The highest BCUT2D eigenvalue weighted by Gasteiger charge is 2.62. The fraction of sp³-hybridized carbons (Fsp3) is 0.500. The highest BCUT2D eigenvalue weighted by Crippen LogP contribution is 2.60. The van der Waals surface area contributed by atoms with Gasteiger partial charge in [0.15, 0.2) is 0 Å². The van der Waals surface area contributed by atoms with Gasteiger partial charge in [-0.3, -0.25) is 4.79 Å². The molecule has 5 nitrogen and oxygen atoms in total. The smallest absolute Gasteiger partial charge is 0.312 e. The Bertz CT molecular complexity index is 970. The molecule has 0 radical (unpaired) electrons. The van der Waals surface area contributed by atoms with Crippen LogP contribution in [0.25, 0.3) is 0 Å². The van der Waals surface area contributed by atoms with Crippen molar-refractivity contribution in [2.45, 2.75) is 57.2 Å². The van der Waals surface area contributed by atoms with E-state index in [1.54, 1.807) is 31.4 Å². The van der Waals surface area contributed by atoms with Crippen molar-refractivity contribution in [1.29, 1.82) is 0 Å². The molecule has 0 saturated carbocycles. The lowest BCUT2D eigenvalue weighted by Crippen LogP contribution is -2.57. The summed E-state index contributed by atoms with van der Waals surface area (Å²) in [5.41, 5.74) is -0.600. The number of fused-ring (bicyclic) bond motifs is 1. The van der Waals surface area contributed by atoms with Crippen LogP contribution in [0.15, 0.2) is 42.5 Å². The maximum absolute atomic E-state index is 13.3. The van der Waals surface area contributed by atoms with Crippen LogP contribution in [0.4, 0.5) is 0 Å². The van der Waals surface area contributed by atoms with Crippen LogP contribution in [-0.2, 0) is 20.7 Å². The summed E-state index contributed by atoms with van der Waals surface area (Å²) in [4.78, 5) is 13.3. The third kappa shape index (κ3) is 3.35. The molecule has 31 heavy (non-hydrogen) atoms. The molecule has 0 heterocycles. The lowest BCUT2D eigenvalue weighted by Gasteiger charge is -2.53. The van der Waals surface area contributed by atoms with Crippen LogP contribution in [0, 0.1) is 11.8 Å². The number of hydrogen-bond acceptors (Lipinski definition) is 5. The number of esters is 1. The zero-order chi connectivity index (χ0) is 22.2. The van der Waals surface area contributed by atoms with Crippen LogP contribution in [0.3, 0.4) is 0 Å². The Hall–Kier alpha value is -2.37. The molecule has 0 aliphatic heterocycles. The van der Waals surface area contributed by atoms with Crippen molar-refractivity contribution in [2.75, 3.05) is 13.7 Å². The van der Waals surface area contributed by atoms with Gasteiger partial charge in [0, 0.05) is 6.42 Å². The van der Waals surface area contributed by atoms with E-state index in [-0.39, 0.29) is 6.42 Å². The first-order valence-electron chi connectivity index (χ1n) is 11.3. The Labute approximate surface area is 184 Å². The zero-order valence-corrected chi connectivity index (χ0v) is 18.6. The largest absolute Gasteiger partial charge is 0.497 e. The molecule has 3 aliphatic rings. The molecular formula is C26H32O5. The fourth-order valence-electron chi connectivity index (χ4n) is 5.28. The summed E-state index contributed by atoms with van der Waals surface area (Å²) in [6.07, 6.45) is 4.25. The molecule has 0 fully saturated rings. The first kappa shape index (κ1) is 21.8. The minimum Gasteiger partial charge on any atom is -0.497 e. The predicted molar refractivity (Wildman–Crippen MR) is 118 cm³/mol. The minimum absolute atomic E-state index is 0.0747. The zero-order valence-electron chi connectivity index (χ0n) is 18.6. The number of hydrogen-bond donors (Lipinski definition) is 2. The number of rotatable bonds is 8. The van der Waals surface area contributed by atoms with E-state index in [9.17, 15) is 15.0 Å². The maximum Gasteiger partial charge on any atom is 0.312 e. The summed E-state index contributed by atoms with van der Waals surface area (Å²) in [6.45, 7) is 4.60. The van der Waals surface area contributed by atoms with E-state index in [1.807, 2.05) is 18.2 Å². The quantitative estimate of drug-likeness (QED) is 0.619. The van der Waals surface area contributed by atoms with Crippen molar-refractivity contribution < 1.29 is 24.5 Å². The van der Waals surface area contributed by atoms with Crippen molar-refractivity contribution >= 4 is 5.97 Å². The molecule has 4 atom stereocenters. The molecule has 2 bridgehead atoms. The van der Waals surface area contributed by atoms with Gasteiger partial charge in [-0.05, 0) is 46.7 Å². The Morgan fingerprint density at radius 2 is 1.81 bits per heavy atom. The molecule has 0 amide bonds. The van der Waals surface area contributed by atoms with Gasteiger partial charge < -0.3 is 19.7 Å². The second kappa shape index (κ2) is 8.29. The van der Waals surface area contributed by atoms with Gasteiger partial charge in [-0.1, -0.05) is 63.4 Å². The Balaban J connectivity index is 1.71. The van der Waals surface area contributed by atoms with Gasteiger partial charge in [0.1, 0.15) is 17.0 Å². The summed E-state index contributed by atoms with van der Waals surface area (Å²) in [5.74, 6) is -0.420. The second-order valence-corrected chi connectivity index (χ2v) is 8.89. The van der Waals surface area contributed by atoms with Gasteiger partial charge in [0.2, 0.25) is 0 Å². The van der Waals surface area contributed by atoms with E-state index >= 15 is 0 Å². The van der Waals surface area contributed by atoms with Gasteiger partial charge in [-0.2, -0.15) is 0 Å². The van der Waals surface area contributed by atoms with Gasteiger partial charge in [0.25, 0.3) is 0 Å². The normalized spacial score (nSPS) is 26.7. The summed E-state index contributed by atoms with van der Waals surface area (Å²) in [5, 5.41) is 23.9. The first-order chi connectivity index (χ1) is 14.9. The summed E-state index contributed by atoms with van der Waals surface area (Å²) in [6, 6.07) is 12.5. The molecule has 5 rings (SSSR count). The SMILES string of the molecule is CCCCC(CC)COC(=O)C1CC2(O)c3ccccc3C1(O)c1ccc(OC)cc12. The Morgan fingerprint density at radius 1 is 1.10 bits per heavy atom. The Kier molecular flexibility index (Phi) is 5.84. The molecule has 0 saturated heterocycles.